The molecule has 1 aromatic rings. The number of rotatable bonds is 3. The van der Waals surface area contributed by atoms with Crippen LogP contribution >= 0.6 is 0 Å². The third-order valence-corrected chi connectivity index (χ3v) is 2.80. The topological polar surface area (TPSA) is 75.9 Å². The summed E-state index contributed by atoms with van der Waals surface area (Å²) < 4.78 is 0. The summed E-state index contributed by atoms with van der Waals surface area (Å²) in [5.74, 6) is 6.63. The fourth-order valence-corrected chi connectivity index (χ4v) is 1.92. The van der Waals surface area contributed by atoms with Gasteiger partial charge in [-0.2, -0.15) is 4.98 Å². The Bertz CT molecular complexity index is 333. The van der Waals surface area contributed by atoms with E-state index in [1.165, 1.54) is 25.7 Å². The summed E-state index contributed by atoms with van der Waals surface area (Å²) in [5.41, 5.74) is 3.51. The van der Waals surface area contributed by atoms with Crippen molar-refractivity contribution >= 4 is 11.8 Å². The second kappa shape index (κ2) is 4.44. The highest BCUT2D eigenvalue weighted by molar-refractivity contribution is 5.46. The minimum atomic E-state index is 0.459. The van der Waals surface area contributed by atoms with Gasteiger partial charge in [0, 0.05) is 17.8 Å². The Morgan fingerprint density at radius 2 is 2.13 bits per heavy atom. The van der Waals surface area contributed by atoms with Crippen molar-refractivity contribution in [3.63, 3.8) is 0 Å². The summed E-state index contributed by atoms with van der Waals surface area (Å²) in [6.45, 7) is 2.00. The van der Waals surface area contributed by atoms with Crippen LogP contribution in [0.4, 0.5) is 11.8 Å². The van der Waals surface area contributed by atoms with E-state index < -0.39 is 0 Å². The molecule has 1 fully saturated rings. The van der Waals surface area contributed by atoms with Gasteiger partial charge in [0.15, 0.2) is 0 Å². The Kier molecular flexibility index (Phi) is 3.01. The van der Waals surface area contributed by atoms with Crippen LogP contribution in [0, 0.1) is 6.92 Å². The second-order valence-corrected chi connectivity index (χ2v) is 4.00. The number of anilines is 2. The van der Waals surface area contributed by atoms with E-state index in [0.29, 0.717) is 12.0 Å². The van der Waals surface area contributed by atoms with E-state index in [2.05, 4.69) is 20.7 Å². The van der Waals surface area contributed by atoms with E-state index in [9.17, 15) is 0 Å². The standard InChI is InChI=1S/C10H17N5/c1-7-6-12-10(15-11)14-9(7)13-8-4-2-3-5-8/h6,8H,2-5,11H2,1H3,(H2,12,13,14,15). The maximum Gasteiger partial charge on any atom is 0.239 e. The summed E-state index contributed by atoms with van der Waals surface area (Å²) in [5, 5.41) is 3.44. The molecule has 15 heavy (non-hydrogen) atoms. The molecule has 0 spiro atoms. The van der Waals surface area contributed by atoms with Crippen LogP contribution in [-0.2, 0) is 0 Å². The largest absolute Gasteiger partial charge is 0.367 e. The lowest BCUT2D eigenvalue weighted by Crippen LogP contribution is -2.18. The molecule has 0 amide bonds. The number of nitrogens with two attached hydrogens (primary N) is 1. The molecule has 0 bridgehead atoms. The van der Waals surface area contributed by atoms with Gasteiger partial charge in [-0.25, -0.2) is 10.8 Å². The minimum Gasteiger partial charge on any atom is -0.367 e. The van der Waals surface area contributed by atoms with Gasteiger partial charge in [-0.3, -0.25) is 5.43 Å². The predicted molar refractivity (Wildman–Crippen MR) is 60.5 cm³/mol. The molecule has 0 aromatic carbocycles. The molecular formula is C10H17N5. The van der Waals surface area contributed by atoms with Crippen LogP contribution in [-0.4, -0.2) is 16.0 Å². The summed E-state index contributed by atoms with van der Waals surface area (Å²) in [6, 6.07) is 0.559. The van der Waals surface area contributed by atoms with Crippen LogP contribution in [0.25, 0.3) is 0 Å². The van der Waals surface area contributed by atoms with Crippen LogP contribution in [0.3, 0.4) is 0 Å². The van der Waals surface area contributed by atoms with Gasteiger partial charge in [0.25, 0.3) is 0 Å². The number of nitrogen functional groups attached to an aromatic ring is 1. The van der Waals surface area contributed by atoms with Crippen molar-refractivity contribution < 1.29 is 0 Å². The van der Waals surface area contributed by atoms with Crippen LogP contribution in [0.1, 0.15) is 31.2 Å². The van der Waals surface area contributed by atoms with Gasteiger partial charge in [-0.05, 0) is 19.8 Å². The molecule has 0 unspecified atom stereocenters. The van der Waals surface area contributed by atoms with Crippen molar-refractivity contribution in [2.75, 3.05) is 10.7 Å². The zero-order valence-corrected chi connectivity index (χ0v) is 8.95. The van der Waals surface area contributed by atoms with Gasteiger partial charge in [-0.1, -0.05) is 12.8 Å². The Balaban J connectivity index is 2.11. The monoisotopic (exact) mass is 207 g/mol. The summed E-state index contributed by atoms with van der Waals surface area (Å²) in [4.78, 5) is 8.34. The molecule has 0 radical (unpaired) electrons. The Morgan fingerprint density at radius 1 is 1.40 bits per heavy atom. The molecule has 1 aliphatic rings. The Morgan fingerprint density at radius 3 is 2.80 bits per heavy atom. The van der Waals surface area contributed by atoms with E-state index in [0.717, 1.165) is 11.4 Å². The second-order valence-electron chi connectivity index (χ2n) is 4.00. The number of aromatic nitrogens is 2. The van der Waals surface area contributed by atoms with Crippen LogP contribution in [0.2, 0.25) is 0 Å². The SMILES string of the molecule is Cc1cnc(NN)nc1NC1CCCC1. The molecule has 1 aromatic heterocycles. The van der Waals surface area contributed by atoms with E-state index in [4.69, 9.17) is 5.84 Å². The van der Waals surface area contributed by atoms with Crippen molar-refractivity contribution in [3.8, 4) is 0 Å². The normalized spacial score (nSPS) is 16.7. The highest BCUT2D eigenvalue weighted by Gasteiger charge is 2.16. The molecule has 1 aliphatic carbocycles. The molecule has 0 aliphatic heterocycles. The van der Waals surface area contributed by atoms with Crippen molar-refractivity contribution in [2.24, 2.45) is 5.84 Å². The molecule has 4 N–H and O–H groups in total. The quantitative estimate of drug-likeness (QED) is 0.516. The molecule has 82 valence electrons. The number of aryl methyl sites for hydroxylation is 1. The van der Waals surface area contributed by atoms with E-state index in [1.54, 1.807) is 6.20 Å². The van der Waals surface area contributed by atoms with Gasteiger partial charge in [0.05, 0.1) is 0 Å². The zero-order chi connectivity index (χ0) is 10.7. The average Bonchev–Trinajstić information content (AvgIpc) is 2.74. The number of hydrazine groups is 1. The molecule has 5 heteroatoms. The van der Waals surface area contributed by atoms with Crippen molar-refractivity contribution in [1.29, 1.82) is 0 Å². The first-order valence-electron chi connectivity index (χ1n) is 5.36. The maximum absolute atomic E-state index is 5.27. The lowest BCUT2D eigenvalue weighted by molar-refractivity contribution is 0.748. The fraction of sp³-hybridized carbons (Fsp3) is 0.600. The number of nitrogens with zero attached hydrogens (tertiary/aromatic N) is 2. The van der Waals surface area contributed by atoms with Gasteiger partial charge >= 0.3 is 0 Å². The number of hydrogen-bond acceptors (Lipinski definition) is 5. The van der Waals surface area contributed by atoms with Crippen LogP contribution in [0.15, 0.2) is 6.20 Å². The minimum absolute atomic E-state index is 0.459. The summed E-state index contributed by atoms with van der Waals surface area (Å²) in [6.07, 6.45) is 6.86. The summed E-state index contributed by atoms with van der Waals surface area (Å²) in [7, 11) is 0. The summed E-state index contributed by atoms with van der Waals surface area (Å²) >= 11 is 0. The van der Waals surface area contributed by atoms with Crippen LogP contribution in [0.5, 0.6) is 0 Å². The molecule has 5 nitrogen and oxygen atoms in total. The Labute approximate surface area is 89.5 Å². The lowest BCUT2D eigenvalue weighted by atomic mass is 10.2. The lowest BCUT2D eigenvalue weighted by Gasteiger charge is -2.14. The molecule has 1 heterocycles. The number of hydrogen-bond donors (Lipinski definition) is 3. The zero-order valence-electron chi connectivity index (χ0n) is 8.95. The van der Waals surface area contributed by atoms with Crippen molar-refractivity contribution in [3.05, 3.63) is 11.8 Å². The van der Waals surface area contributed by atoms with E-state index in [-0.39, 0.29) is 0 Å². The van der Waals surface area contributed by atoms with Gasteiger partial charge in [0.1, 0.15) is 5.82 Å². The third kappa shape index (κ3) is 2.36. The smallest absolute Gasteiger partial charge is 0.239 e. The molecule has 0 atom stereocenters. The van der Waals surface area contributed by atoms with Crippen LogP contribution < -0.4 is 16.6 Å². The molecule has 0 saturated heterocycles. The Hall–Kier alpha value is -1.36. The third-order valence-electron chi connectivity index (χ3n) is 2.80. The first-order valence-corrected chi connectivity index (χ1v) is 5.36. The highest BCUT2D eigenvalue weighted by Crippen LogP contribution is 2.23. The molecule has 2 rings (SSSR count). The van der Waals surface area contributed by atoms with Gasteiger partial charge < -0.3 is 5.32 Å². The molecular weight excluding hydrogens is 190 g/mol. The van der Waals surface area contributed by atoms with Gasteiger partial charge in [-0.15, -0.1) is 0 Å². The highest BCUT2D eigenvalue weighted by atomic mass is 15.3. The number of nitrogens with one attached hydrogen (secondary N) is 2. The first-order chi connectivity index (χ1) is 7.29. The average molecular weight is 207 g/mol. The predicted octanol–water partition coefficient (Wildman–Crippen LogP) is 1.43. The van der Waals surface area contributed by atoms with E-state index >= 15 is 0 Å². The van der Waals surface area contributed by atoms with Crippen molar-refractivity contribution in [2.45, 2.75) is 38.6 Å². The van der Waals surface area contributed by atoms with E-state index in [1.807, 2.05) is 6.92 Å². The fourth-order valence-electron chi connectivity index (χ4n) is 1.92. The molecule has 1 saturated carbocycles. The van der Waals surface area contributed by atoms with Crippen molar-refractivity contribution in [1.82, 2.24) is 9.97 Å². The first kappa shape index (κ1) is 10.2. The maximum atomic E-state index is 5.27. The van der Waals surface area contributed by atoms with Gasteiger partial charge in [0.2, 0.25) is 5.95 Å².